The maximum absolute atomic E-state index is 12.6. The van der Waals surface area contributed by atoms with Gasteiger partial charge in [-0.2, -0.15) is 0 Å². The minimum Gasteiger partial charge on any atom is -0.493 e. The standard InChI is InChI=1S/C26H29N3O4S/c1-2-3-4-9-17-32-23-15-8-7-14-21(23)25(31)27-26(34)29-28-24(30)18-33-22-16-10-12-19-11-5-6-13-20(19)22/h5-8,10-16H,2-4,9,17-18H2,1H3,(H,28,30)(H2,27,29,31,34). The van der Waals surface area contributed by atoms with Gasteiger partial charge in [0.1, 0.15) is 11.5 Å². The molecule has 2 amide bonds. The van der Waals surface area contributed by atoms with Crippen LogP contribution in [0.25, 0.3) is 10.8 Å². The van der Waals surface area contributed by atoms with Gasteiger partial charge in [0.15, 0.2) is 11.7 Å². The highest BCUT2D eigenvalue weighted by Gasteiger charge is 2.14. The Balaban J connectivity index is 1.44. The number of unbranched alkanes of at least 4 members (excludes halogenated alkanes) is 3. The van der Waals surface area contributed by atoms with E-state index in [1.54, 1.807) is 24.3 Å². The second-order valence-corrected chi connectivity index (χ2v) is 8.04. The van der Waals surface area contributed by atoms with Crippen LogP contribution in [0.1, 0.15) is 43.0 Å². The first-order chi connectivity index (χ1) is 16.6. The van der Waals surface area contributed by atoms with Gasteiger partial charge >= 0.3 is 0 Å². The Labute approximate surface area is 204 Å². The Morgan fingerprint density at radius 2 is 1.56 bits per heavy atom. The Morgan fingerprint density at radius 3 is 2.41 bits per heavy atom. The van der Waals surface area contributed by atoms with E-state index in [0.717, 1.165) is 36.5 Å². The van der Waals surface area contributed by atoms with Crippen molar-refractivity contribution in [3.63, 3.8) is 0 Å². The molecule has 0 fully saturated rings. The van der Waals surface area contributed by atoms with Crippen molar-refractivity contribution in [2.45, 2.75) is 32.6 Å². The minimum absolute atomic E-state index is 0.0405. The summed E-state index contributed by atoms with van der Waals surface area (Å²) in [6, 6.07) is 20.4. The van der Waals surface area contributed by atoms with Crippen molar-refractivity contribution in [1.29, 1.82) is 0 Å². The minimum atomic E-state index is -0.444. The van der Waals surface area contributed by atoms with Gasteiger partial charge in [-0.3, -0.25) is 25.8 Å². The van der Waals surface area contributed by atoms with E-state index in [-0.39, 0.29) is 11.7 Å². The van der Waals surface area contributed by atoms with Crippen LogP contribution in [0.4, 0.5) is 0 Å². The van der Waals surface area contributed by atoms with E-state index in [4.69, 9.17) is 21.7 Å². The zero-order valence-corrected chi connectivity index (χ0v) is 20.0. The van der Waals surface area contributed by atoms with Gasteiger partial charge in [0.25, 0.3) is 11.8 Å². The quantitative estimate of drug-likeness (QED) is 0.225. The maximum atomic E-state index is 12.6. The molecule has 0 saturated heterocycles. The molecule has 0 bridgehead atoms. The lowest BCUT2D eigenvalue weighted by Gasteiger charge is -2.14. The van der Waals surface area contributed by atoms with Crippen LogP contribution in [0.3, 0.4) is 0 Å². The molecular weight excluding hydrogens is 450 g/mol. The third kappa shape index (κ3) is 7.45. The molecular formula is C26H29N3O4S. The first-order valence-electron chi connectivity index (χ1n) is 11.3. The summed E-state index contributed by atoms with van der Waals surface area (Å²) < 4.78 is 11.4. The molecule has 3 rings (SSSR count). The highest BCUT2D eigenvalue weighted by atomic mass is 32.1. The summed E-state index contributed by atoms with van der Waals surface area (Å²) in [6.45, 7) is 2.48. The molecule has 0 radical (unpaired) electrons. The van der Waals surface area contributed by atoms with Gasteiger partial charge in [0, 0.05) is 5.39 Å². The Kier molecular flexibility index (Phi) is 9.66. The number of hydrogen-bond donors (Lipinski definition) is 3. The van der Waals surface area contributed by atoms with E-state index < -0.39 is 11.8 Å². The van der Waals surface area contributed by atoms with Crippen molar-refractivity contribution in [2.75, 3.05) is 13.2 Å². The largest absolute Gasteiger partial charge is 0.493 e. The highest BCUT2D eigenvalue weighted by molar-refractivity contribution is 7.80. The number of rotatable bonds is 10. The molecule has 7 nitrogen and oxygen atoms in total. The van der Waals surface area contributed by atoms with Gasteiger partial charge < -0.3 is 9.47 Å². The van der Waals surface area contributed by atoms with Gasteiger partial charge in [-0.1, -0.05) is 74.7 Å². The third-order valence-corrected chi connectivity index (χ3v) is 5.24. The predicted molar refractivity (Wildman–Crippen MR) is 137 cm³/mol. The number of thiocarbonyl (C=S) groups is 1. The predicted octanol–water partition coefficient (Wildman–Crippen LogP) is 4.51. The van der Waals surface area contributed by atoms with Gasteiger partial charge in [-0.15, -0.1) is 0 Å². The van der Waals surface area contributed by atoms with Crippen molar-refractivity contribution >= 4 is 39.9 Å². The molecule has 0 aromatic heterocycles. The first-order valence-corrected chi connectivity index (χ1v) is 11.7. The maximum Gasteiger partial charge on any atom is 0.276 e. The molecule has 0 saturated carbocycles. The van der Waals surface area contributed by atoms with Crippen molar-refractivity contribution in [3.05, 3.63) is 72.3 Å². The van der Waals surface area contributed by atoms with Gasteiger partial charge in [0.2, 0.25) is 0 Å². The molecule has 0 heterocycles. The second-order valence-electron chi connectivity index (χ2n) is 7.63. The lowest BCUT2D eigenvalue weighted by molar-refractivity contribution is -0.123. The number of benzene rings is 3. The van der Waals surface area contributed by atoms with Crippen LogP contribution in [-0.2, 0) is 4.79 Å². The highest BCUT2D eigenvalue weighted by Crippen LogP contribution is 2.25. The molecule has 3 aromatic carbocycles. The average Bonchev–Trinajstić information content (AvgIpc) is 2.86. The molecule has 3 N–H and O–H groups in total. The first kappa shape index (κ1) is 25.0. The molecule has 0 spiro atoms. The molecule has 8 heteroatoms. The summed E-state index contributed by atoms with van der Waals surface area (Å²) in [6.07, 6.45) is 4.32. The van der Waals surface area contributed by atoms with E-state index in [1.807, 2.05) is 42.5 Å². The normalized spacial score (nSPS) is 10.4. The molecule has 0 aliphatic rings. The van der Waals surface area contributed by atoms with E-state index >= 15 is 0 Å². The molecule has 0 atom stereocenters. The number of hydrogen-bond acceptors (Lipinski definition) is 5. The fourth-order valence-electron chi connectivity index (χ4n) is 3.32. The van der Waals surface area contributed by atoms with Crippen molar-refractivity contribution in [2.24, 2.45) is 0 Å². The Morgan fingerprint density at radius 1 is 0.824 bits per heavy atom. The fourth-order valence-corrected chi connectivity index (χ4v) is 3.46. The topological polar surface area (TPSA) is 88.7 Å². The lowest BCUT2D eigenvalue weighted by Crippen LogP contribution is -2.49. The van der Waals surface area contributed by atoms with Crippen LogP contribution in [0.15, 0.2) is 66.7 Å². The SMILES string of the molecule is CCCCCCOc1ccccc1C(=O)NC(=S)NNC(=O)COc1cccc2ccccc12. The summed E-state index contributed by atoms with van der Waals surface area (Å²) >= 11 is 5.13. The Hall–Kier alpha value is -3.65. The molecule has 0 aliphatic carbocycles. The van der Waals surface area contributed by atoms with Crippen LogP contribution in [-0.4, -0.2) is 30.1 Å². The summed E-state index contributed by atoms with van der Waals surface area (Å²) in [7, 11) is 0. The van der Waals surface area contributed by atoms with Crippen LogP contribution in [0, 0.1) is 0 Å². The summed E-state index contributed by atoms with van der Waals surface area (Å²) in [5.41, 5.74) is 5.31. The number of para-hydroxylation sites is 1. The van der Waals surface area contributed by atoms with E-state index in [9.17, 15) is 9.59 Å². The van der Waals surface area contributed by atoms with Crippen LogP contribution in [0.2, 0.25) is 0 Å². The molecule has 178 valence electrons. The van der Waals surface area contributed by atoms with Crippen LogP contribution >= 0.6 is 12.2 Å². The van der Waals surface area contributed by atoms with Crippen molar-refractivity contribution in [3.8, 4) is 11.5 Å². The summed E-state index contributed by atoms with van der Waals surface area (Å²) in [5.74, 6) is 0.227. The van der Waals surface area contributed by atoms with Crippen molar-refractivity contribution in [1.82, 2.24) is 16.2 Å². The monoisotopic (exact) mass is 479 g/mol. The van der Waals surface area contributed by atoms with Crippen LogP contribution < -0.4 is 25.6 Å². The number of ether oxygens (including phenoxy) is 2. The van der Waals surface area contributed by atoms with Gasteiger partial charge in [-0.25, -0.2) is 0 Å². The van der Waals surface area contributed by atoms with E-state index in [2.05, 4.69) is 23.1 Å². The average molecular weight is 480 g/mol. The van der Waals surface area contributed by atoms with Crippen molar-refractivity contribution < 1.29 is 19.1 Å². The number of nitrogens with one attached hydrogen (secondary N) is 3. The number of fused-ring (bicyclic) bond motifs is 1. The third-order valence-electron chi connectivity index (χ3n) is 5.04. The van der Waals surface area contributed by atoms with Gasteiger partial charge in [0.05, 0.1) is 12.2 Å². The number of amides is 2. The summed E-state index contributed by atoms with van der Waals surface area (Å²) in [5, 5.41) is 4.44. The zero-order valence-electron chi connectivity index (χ0n) is 19.1. The molecule has 0 aliphatic heterocycles. The number of carbonyl (C=O) groups excluding carboxylic acids is 2. The zero-order chi connectivity index (χ0) is 24.2. The molecule has 34 heavy (non-hydrogen) atoms. The van der Waals surface area contributed by atoms with Crippen LogP contribution in [0.5, 0.6) is 11.5 Å². The lowest BCUT2D eigenvalue weighted by atomic mass is 10.1. The smallest absolute Gasteiger partial charge is 0.276 e. The molecule has 3 aromatic rings. The Bertz CT molecular complexity index is 1130. The van der Waals surface area contributed by atoms with E-state index in [1.165, 1.54) is 0 Å². The number of hydrazine groups is 1. The fraction of sp³-hybridized carbons (Fsp3) is 0.269. The van der Waals surface area contributed by atoms with E-state index in [0.29, 0.717) is 23.7 Å². The molecule has 0 unspecified atom stereocenters. The van der Waals surface area contributed by atoms with Gasteiger partial charge in [-0.05, 0) is 42.2 Å². The second kappa shape index (κ2) is 13.2. The summed E-state index contributed by atoms with van der Waals surface area (Å²) in [4.78, 5) is 24.8. The number of carbonyl (C=O) groups is 2.